The molecule has 3 nitrogen and oxygen atoms in total. The highest BCUT2D eigenvalue weighted by Gasteiger charge is 2.27. The molecule has 10 rings (SSSR count). The van der Waals surface area contributed by atoms with Crippen molar-refractivity contribution in [3.05, 3.63) is 133 Å². The molecule has 0 amide bonds. The first-order chi connectivity index (χ1) is 20.9. The van der Waals surface area contributed by atoms with Crippen LogP contribution in [-0.4, -0.2) is 9.13 Å². The van der Waals surface area contributed by atoms with Crippen molar-refractivity contribution < 1.29 is 4.42 Å². The first-order valence-electron chi connectivity index (χ1n) is 14.2. The minimum Gasteiger partial charge on any atom is -0.456 e. The number of rotatable bonds is 2. The van der Waals surface area contributed by atoms with E-state index in [2.05, 4.69) is 137 Å². The molecule has 0 bridgehead atoms. The third-order valence-corrected chi connectivity index (χ3v) is 9.83. The molecular weight excluding hydrogens is 532 g/mol. The molecule has 0 atom stereocenters. The average Bonchev–Trinajstić information content (AvgIpc) is 3.78. The molecule has 4 heteroatoms. The lowest BCUT2D eigenvalue weighted by Crippen LogP contribution is -1.94. The van der Waals surface area contributed by atoms with Gasteiger partial charge in [-0.2, -0.15) is 0 Å². The Bertz CT molecular complexity index is 2480. The highest BCUT2D eigenvalue weighted by Crippen LogP contribution is 2.49. The zero-order valence-electron chi connectivity index (χ0n) is 22.4. The molecule has 0 spiro atoms. The topological polar surface area (TPSA) is 23.0 Å². The van der Waals surface area contributed by atoms with Gasteiger partial charge in [0.15, 0.2) is 0 Å². The monoisotopic (exact) mass is 554 g/mol. The second kappa shape index (κ2) is 8.12. The van der Waals surface area contributed by atoms with E-state index in [1.165, 1.54) is 53.0 Å². The van der Waals surface area contributed by atoms with Crippen molar-refractivity contribution in [1.29, 1.82) is 0 Å². The van der Waals surface area contributed by atoms with E-state index in [9.17, 15) is 0 Å². The van der Waals surface area contributed by atoms with Gasteiger partial charge in [0.25, 0.3) is 0 Å². The Kier molecular flexibility index (Phi) is 4.33. The molecule has 0 saturated heterocycles. The molecule has 4 aromatic heterocycles. The summed E-state index contributed by atoms with van der Waals surface area (Å²) in [6.07, 6.45) is 0. The lowest BCUT2D eigenvalue weighted by Gasteiger charge is -2.10. The Labute approximate surface area is 244 Å². The summed E-state index contributed by atoms with van der Waals surface area (Å²) in [7, 11) is 0. The Morgan fingerprint density at radius 2 is 0.976 bits per heavy atom. The molecule has 0 aliphatic rings. The van der Waals surface area contributed by atoms with Gasteiger partial charge in [-0.1, -0.05) is 72.8 Å². The molecule has 0 unspecified atom stereocenters. The van der Waals surface area contributed by atoms with Crippen LogP contribution in [0.5, 0.6) is 0 Å². The maximum atomic E-state index is 6.44. The molecule has 42 heavy (non-hydrogen) atoms. The molecular formula is C38H22N2OS. The third kappa shape index (κ3) is 2.79. The fraction of sp³-hybridized carbons (Fsp3) is 0. The average molecular weight is 555 g/mol. The minimum atomic E-state index is 0.909. The van der Waals surface area contributed by atoms with E-state index in [0.717, 1.165) is 33.3 Å². The van der Waals surface area contributed by atoms with Crippen LogP contribution >= 0.6 is 11.3 Å². The zero-order valence-corrected chi connectivity index (χ0v) is 23.2. The lowest BCUT2D eigenvalue weighted by atomic mass is 10.1. The van der Waals surface area contributed by atoms with Gasteiger partial charge in [0, 0.05) is 53.1 Å². The normalized spacial score (nSPS) is 12.3. The van der Waals surface area contributed by atoms with E-state index < -0.39 is 0 Å². The van der Waals surface area contributed by atoms with Gasteiger partial charge in [0.05, 0.1) is 22.1 Å². The molecule has 0 fully saturated rings. The van der Waals surface area contributed by atoms with E-state index in [-0.39, 0.29) is 0 Å². The number of hydrogen-bond donors (Lipinski definition) is 0. The molecule has 4 heterocycles. The van der Waals surface area contributed by atoms with Crippen LogP contribution < -0.4 is 0 Å². The van der Waals surface area contributed by atoms with Gasteiger partial charge in [-0.3, -0.25) is 0 Å². The van der Waals surface area contributed by atoms with Crippen molar-refractivity contribution in [2.24, 2.45) is 0 Å². The van der Waals surface area contributed by atoms with Crippen molar-refractivity contribution in [3.63, 3.8) is 0 Å². The lowest BCUT2D eigenvalue weighted by molar-refractivity contribution is 0.669. The Balaban J connectivity index is 1.59. The summed E-state index contributed by atoms with van der Waals surface area (Å²) in [5.74, 6) is 0. The van der Waals surface area contributed by atoms with E-state index >= 15 is 0 Å². The standard InChI is InChI=1S/C38H22N2OS/c1-3-11-23(12-4-1)39-27-19-21-30-33(25-15-7-9-17-29(25)41-30)35(27)37-38(39)36-28(40(37)24-13-5-2-6-14-24)20-22-32-34(36)26-16-8-10-18-31(26)42-32/h1-22H. The van der Waals surface area contributed by atoms with Crippen molar-refractivity contribution >= 4 is 86.3 Å². The summed E-state index contributed by atoms with van der Waals surface area (Å²) >= 11 is 1.87. The van der Waals surface area contributed by atoms with Gasteiger partial charge in [-0.25, -0.2) is 0 Å². The van der Waals surface area contributed by atoms with Crippen LogP contribution in [0.25, 0.3) is 86.3 Å². The summed E-state index contributed by atoms with van der Waals surface area (Å²) in [6, 6.07) is 47.8. The minimum absolute atomic E-state index is 0.909. The van der Waals surface area contributed by atoms with Gasteiger partial charge < -0.3 is 13.6 Å². The summed E-state index contributed by atoms with van der Waals surface area (Å²) in [5, 5.41) is 7.42. The Morgan fingerprint density at radius 1 is 0.405 bits per heavy atom. The molecule has 0 aliphatic heterocycles. The van der Waals surface area contributed by atoms with Crippen molar-refractivity contribution in [2.75, 3.05) is 0 Å². The second-order valence-electron chi connectivity index (χ2n) is 10.9. The van der Waals surface area contributed by atoms with Crippen LogP contribution in [0.2, 0.25) is 0 Å². The third-order valence-electron chi connectivity index (χ3n) is 8.70. The number of furan rings is 1. The van der Waals surface area contributed by atoms with Gasteiger partial charge in [-0.05, 0) is 60.7 Å². The summed E-state index contributed by atoms with van der Waals surface area (Å²) < 4.78 is 14.0. The predicted molar refractivity (Wildman–Crippen MR) is 178 cm³/mol. The van der Waals surface area contributed by atoms with E-state index in [4.69, 9.17) is 4.42 Å². The van der Waals surface area contributed by atoms with Crippen LogP contribution in [0.4, 0.5) is 0 Å². The highest BCUT2D eigenvalue weighted by molar-refractivity contribution is 7.26. The Hall–Kier alpha value is -5.32. The van der Waals surface area contributed by atoms with E-state index in [1.807, 2.05) is 17.4 Å². The summed E-state index contributed by atoms with van der Waals surface area (Å²) in [4.78, 5) is 0. The van der Waals surface area contributed by atoms with Crippen molar-refractivity contribution in [1.82, 2.24) is 9.13 Å². The number of thiophene rings is 1. The zero-order chi connectivity index (χ0) is 27.4. The van der Waals surface area contributed by atoms with Gasteiger partial charge in [-0.15, -0.1) is 11.3 Å². The smallest absolute Gasteiger partial charge is 0.136 e. The van der Waals surface area contributed by atoms with Gasteiger partial charge in [0.1, 0.15) is 11.2 Å². The fourth-order valence-corrected chi connectivity index (χ4v) is 8.18. The van der Waals surface area contributed by atoms with Crippen LogP contribution in [0.3, 0.4) is 0 Å². The number of nitrogens with zero attached hydrogens (tertiary/aromatic N) is 2. The summed E-state index contributed by atoms with van der Waals surface area (Å²) in [5.41, 5.74) is 8.92. The summed E-state index contributed by atoms with van der Waals surface area (Å²) in [6.45, 7) is 0. The quantitative estimate of drug-likeness (QED) is 0.208. The number of fused-ring (bicyclic) bond motifs is 13. The molecule has 0 N–H and O–H groups in total. The maximum absolute atomic E-state index is 6.44. The number of benzene rings is 6. The molecule has 10 aromatic rings. The van der Waals surface area contributed by atoms with Crippen LogP contribution in [-0.2, 0) is 0 Å². The predicted octanol–water partition coefficient (Wildman–Crippen LogP) is 11.0. The molecule has 0 saturated carbocycles. The van der Waals surface area contributed by atoms with Crippen molar-refractivity contribution in [3.8, 4) is 11.4 Å². The second-order valence-corrected chi connectivity index (χ2v) is 12.0. The van der Waals surface area contributed by atoms with E-state index in [1.54, 1.807) is 0 Å². The number of para-hydroxylation sites is 3. The maximum Gasteiger partial charge on any atom is 0.136 e. The van der Waals surface area contributed by atoms with Gasteiger partial charge >= 0.3 is 0 Å². The number of hydrogen-bond acceptors (Lipinski definition) is 2. The molecule has 0 aliphatic carbocycles. The van der Waals surface area contributed by atoms with Crippen LogP contribution in [0.15, 0.2) is 138 Å². The SMILES string of the molecule is c1ccc(-n2c3ccc4sc5ccccc5c4c3c3c2c2c4c(ccc2n3-c2ccccc2)oc2ccccc24)cc1. The highest BCUT2D eigenvalue weighted by atomic mass is 32.1. The van der Waals surface area contributed by atoms with E-state index in [0.29, 0.717) is 0 Å². The van der Waals surface area contributed by atoms with Gasteiger partial charge in [0.2, 0.25) is 0 Å². The molecule has 196 valence electrons. The first kappa shape index (κ1) is 22.4. The van der Waals surface area contributed by atoms with Crippen LogP contribution in [0.1, 0.15) is 0 Å². The van der Waals surface area contributed by atoms with Crippen molar-refractivity contribution in [2.45, 2.75) is 0 Å². The van der Waals surface area contributed by atoms with Crippen LogP contribution in [0, 0.1) is 0 Å². The largest absolute Gasteiger partial charge is 0.456 e. The molecule has 6 aromatic carbocycles. The Morgan fingerprint density at radius 3 is 1.69 bits per heavy atom. The number of aromatic nitrogens is 2. The first-order valence-corrected chi connectivity index (χ1v) is 15.0. The fourth-order valence-electron chi connectivity index (χ4n) is 7.07. The molecule has 0 radical (unpaired) electrons.